The first-order chi connectivity index (χ1) is 11.3. The van der Waals surface area contributed by atoms with Crippen molar-refractivity contribution in [2.45, 2.75) is 19.4 Å². The Labute approximate surface area is 139 Å². The van der Waals surface area contributed by atoms with Gasteiger partial charge in [0.25, 0.3) is 0 Å². The summed E-state index contributed by atoms with van der Waals surface area (Å²) in [7, 11) is 2.39. The second kappa shape index (κ2) is 5.95. The van der Waals surface area contributed by atoms with Gasteiger partial charge in [-0.15, -0.1) is 0 Å². The standard InChI is InChI=1S/C21H25N2/c1-23(15-17-7-3-2-4-8-17)16-20(18-11-13-22-14-12-18)19-9-5-6-10-21(19)23/h2-10,22H,11-16H2,1H3/q+1. The van der Waals surface area contributed by atoms with E-state index >= 15 is 0 Å². The zero-order valence-electron chi connectivity index (χ0n) is 13.9. The molecule has 2 aromatic rings. The van der Waals surface area contributed by atoms with E-state index in [1.165, 1.54) is 29.7 Å². The lowest BCUT2D eigenvalue weighted by molar-refractivity contribution is 0.372. The van der Waals surface area contributed by atoms with Crippen LogP contribution in [0.5, 0.6) is 0 Å². The van der Waals surface area contributed by atoms with Crippen molar-refractivity contribution in [1.29, 1.82) is 0 Å². The fourth-order valence-electron chi connectivity index (χ4n) is 4.18. The summed E-state index contributed by atoms with van der Waals surface area (Å²) >= 11 is 0. The van der Waals surface area contributed by atoms with Gasteiger partial charge in [-0.05, 0) is 38.1 Å². The number of para-hydroxylation sites is 1. The Kier molecular flexibility index (Phi) is 3.80. The molecule has 0 aliphatic carbocycles. The minimum atomic E-state index is 0.993. The number of nitrogens with one attached hydrogen (secondary N) is 1. The fourth-order valence-corrected chi connectivity index (χ4v) is 4.18. The van der Waals surface area contributed by atoms with Gasteiger partial charge in [0.15, 0.2) is 0 Å². The molecule has 1 fully saturated rings. The van der Waals surface area contributed by atoms with E-state index in [9.17, 15) is 0 Å². The third-order valence-corrected chi connectivity index (χ3v) is 5.33. The van der Waals surface area contributed by atoms with Gasteiger partial charge in [0, 0.05) is 16.7 Å². The monoisotopic (exact) mass is 305 g/mol. The van der Waals surface area contributed by atoms with Gasteiger partial charge in [-0.25, -0.2) is 0 Å². The summed E-state index contributed by atoms with van der Waals surface area (Å²) in [5, 5.41) is 3.48. The molecule has 1 unspecified atom stereocenters. The molecule has 1 N–H and O–H groups in total. The molecule has 2 heteroatoms. The fraction of sp³-hybridized carbons (Fsp3) is 0.333. The van der Waals surface area contributed by atoms with Crippen LogP contribution in [0.1, 0.15) is 24.0 Å². The summed E-state index contributed by atoms with van der Waals surface area (Å²) < 4.78 is 0.993. The predicted octanol–water partition coefficient (Wildman–Crippen LogP) is 3.97. The van der Waals surface area contributed by atoms with Crippen molar-refractivity contribution in [3.8, 4) is 0 Å². The van der Waals surface area contributed by atoms with Gasteiger partial charge < -0.3 is 5.32 Å². The lowest BCUT2D eigenvalue weighted by Gasteiger charge is -2.30. The normalized spacial score (nSPS) is 23.9. The zero-order valence-corrected chi connectivity index (χ0v) is 13.9. The number of hydrogen-bond donors (Lipinski definition) is 1. The molecule has 0 saturated carbocycles. The second-order valence-electron chi connectivity index (χ2n) is 7.05. The van der Waals surface area contributed by atoms with Crippen LogP contribution < -0.4 is 9.80 Å². The van der Waals surface area contributed by atoms with Crippen LogP contribution in [0.3, 0.4) is 0 Å². The van der Waals surface area contributed by atoms with Crippen LogP contribution in [0.4, 0.5) is 5.69 Å². The molecule has 2 aromatic carbocycles. The van der Waals surface area contributed by atoms with Gasteiger partial charge in [-0.2, -0.15) is 0 Å². The maximum atomic E-state index is 3.48. The molecule has 0 amide bonds. The van der Waals surface area contributed by atoms with Gasteiger partial charge in [-0.1, -0.05) is 48.0 Å². The van der Waals surface area contributed by atoms with Gasteiger partial charge in [0.2, 0.25) is 0 Å². The maximum Gasteiger partial charge on any atom is 0.140 e. The highest BCUT2D eigenvalue weighted by molar-refractivity contribution is 5.85. The van der Waals surface area contributed by atoms with Crippen LogP contribution in [0.2, 0.25) is 0 Å². The molecule has 118 valence electrons. The average molecular weight is 305 g/mol. The Morgan fingerprint density at radius 1 is 0.913 bits per heavy atom. The van der Waals surface area contributed by atoms with Crippen LogP contribution in [-0.4, -0.2) is 26.7 Å². The van der Waals surface area contributed by atoms with Crippen molar-refractivity contribution >= 4 is 11.3 Å². The highest BCUT2D eigenvalue weighted by Gasteiger charge is 2.38. The number of benzene rings is 2. The second-order valence-corrected chi connectivity index (χ2v) is 7.05. The molecule has 1 atom stereocenters. The van der Waals surface area contributed by atoms with E-state index in [0.717, 1.165) is 30.7 Å². The number of nitrogens with zero attached hydrogens (tertiary/aromatic N) is 1. The first kappa shape index (κ1) is 14.7. The Morgan fingerprint density at radius 3 is 2.39 bits per heavy atom. The number of hydrogen-bond acceptors (Lipinski definition) is 1. The quantitative estimate of drug-likeness (QED) is 0.828. The van der Waals surface area contributed by atoms with Crippen LogP contribution >= 0.6 is 0 Å². The minimum absolute atomic E-state index is 0.993. The van der Waals surface area contributed by atoms with Crippen LogP contribution in [0, 0.1) is 0 Å². The summed E-state index contributed by atoms with van der Waals surface area (Å²) in [5.41, 5.74) is 7.67. The third-order valence-electron chi connectivity index (χ3n) is 5.33. The first-order valence-electron chi connectivity index (χ1n) is 8.66. The van der Waals surface area contributed by atoms with Crippen molar-refractivity contribution in [3.63, 3.8) is 0 Å². The molecule has 4 rings (SSSR count). The number of fused-ring (bicyclic) bond motifs is 1. The van der Waals surface area contributed by atoms with Gasteiger partial charge >= 0.3 is 0 Å². The van der Waals surface area contributed by atoms with Crippen molar-refractivity contribution in [2.75, 3.05) is 26.7 Å². The number of quaternary nitrogens is 1. The summed E-state index contributed by atoms with van der Waals surface area (Å²) in [6.45, 7) is 4.45. The summed E-state index contributed by atoms with van der Waals surface area (Å²) in [5.74, 6) is 0. The Bertz CT molecular complexity index is 725. The predicted molar refractivity (Wildman–Crippen MR) is 98.2 cm³/mol. The molecule has 2 nitrogen and oxygen atoms in total. The van der Waals surface area contributed by atoms with E-state index in [4.69, 9.17) is 0 Å². The lowest BCUT2D eigenvalue weighted by atomic mass is 9.95. The summed E-state index contributed by atoms with van der Waals surface area (Å²) in [4.78, 5) is 0. The van der Waals surface area contributed by atoms with Crippen LogP contribution in [-0.2, 0) is 6.54 Å². The Hall–Kier alpha value is -1.90. The SMILES string of the molecule is C[N+]1(Cc2ccccc2)CC(=C2CCNCC2)c2ccccc21. The lowest BCUT2D eigenvalue weighted by Crippen LogP contribution is -2.42. The number of rotatable bonds is 2. The van der Waals surface area contributed by atoms with Crippen LogP contribution in [0.15, 0.2) is 60.2 Å². The largest absolute Gasteiger partial charge is 0.316 e. The van der Waals surface area contributed by atoms with Gasteiger partial charge in [0.05, 0.1) is 7.05 Å². The van der Waals surface area contributed by atoms with E-state index in [2.05, 4.69) is 67.0 Å². The smallest absolute Gasteiger partial charge is 0.140 e. The third kappa shape index (κ3) is 2.73. The topological polar surface area (TPSA) is 12.0 Å². The first-order valence-corrected chi connectivity index (χ1v) is 8.66. The zero-order chi connectivity index (χ0) is 15.7. The van der Waals surface area contributed by atoms with Crippen molar-refractivity contribution in [3.05, 3.63) is 71.3 Å². The van der Waals surface area contributed by atoms with Crippen LogP contribution in [0.25, 0.3) is 5.57 Å². The summed E-state index contributed by atoms with van der Waals surface area (Å²) in [6, 6.07) is 19.9. The van der Waals surface area contributed by atoms with E-state index in [0.29, 0.717) is 0 Å². The minimum Gasteiger partial charge on any atom is -0.316 e. The highest BCUT2D eigenvalue weighted by atomic mass is 15.3. The Balaban J connectivity index is 1.75. The Morgan fingerprint density at radius 2 is 1.61 bits per heavy atom. The van der Waals surface area contributed by atoms with E-state index in [1.807, 2.05) is 0 Å². The molecule has 23 heavy (non-hydrogen) atoms. The van der Waals surface area contributed by atoms with E-state index in [1.54, 1.807) is 11.1 Å². The molecule has 2 heterocycles. The number of likely N-dealkylation sites (N-methyl/N-ethyl adjacent to an activating group) is 1. The molecule has 0 radical (unpaired) electrons. The summed E-state index contributed by atoms with van der Waals surface area (Å²) in [6.07, 6.45) is 2.41. The molecule has 2 aliphatic heterocycles. The van der Waals surface area contributed by atoms with Crippen molar-refractivity contribution in [2.24, 2.45) is 0 Å². The highest BCUT2D eigenvalue weighted by Crippen LogP contribution is 2.43. The van der Waals surface area contributed by atoms with Gasteiger partial charge in [0.1, 0.15) is 18.8 Å². The molecular weight excluding hydrogens is 280 g/mol. The van der Waals surface area contributed by atoms with Crippen molar-refractivity contribution < 1.29 is 0 Å². The molecule has 0 aromatic heterocycles. The average Bonchev–Trinajstić information content (AvgIpc) is 2.90. The molecule has 0 bridgehead atoms. The molecule has 1 saturated heterocycles. The van der Waals surface area contributed by atoms with E-state index in [-0.39, 0.29) is 0 Å². The number of piperidine rings is 1. The van der Waals surface area contributed by atoms with E-state index < -0.39 is 0 Å². The van der Waals surface area contributed by atoms with Gasteiger partial charge in [-0.3, -0.25) is 4.48 Å². The molecular formula is C21H25N2+. The molecule has 0 spiro atoms. The van der Waals surface area contributed by atoms with Crippen molar-refractivity contribution in [1.82, 2.24) is 9.80 Å². The maximum absolute atomic E-state index is 3.48. The molecule has 2 aliphatic rings.